The fourth-order valence-corrected chi connectivity index (χ4v) is 1.99. The fourth-order valence-electron chi connectivity index (χ4n) is 1.99. The van der Waals surface area contributed by atoms with Gasteiger partial charge in [0.2, 0.25) is 11.0 Å². The van der Waals surface area contributed by atoms with Crippen LogP contribution < -0.4 is 5.43 Å². The van der Waals surface area contributed by atoms with Gasteiger partial charge in [0.15, 0.2) is 0 Å². The van der Waals surface area contributed by atoms with Crippen LogP contribution in [-0.2, 0) is 0 Å². The average molecular weight is 263 g/mol. The molecular weight excluding hydrogens is 250 g/mol. The Labute approximate surface area is 116 Å². The number of nitrogens with zero attached hydrogens (tertiary/aromatic N) is 1. The minimum atomic E-state index is -0.160. The largest absolute Gasteiger partial charge is 0.351 e. The van der Waals surface area contributed by atoms with E-state index in [9.17, 15) is 4.79 Å². The molecule has 3 aromatic rings. The van der Waals surface area contributed by atoms with Gasteiger partial charge in [-0.25, -0.2) is 0 Å². The zero-order valence-corrected chi connectivity index (χ0v) is 11.0. The number of aromatic nitrogens is 1. The first-order chi connectivity index (χ1) is 9.74. The highest BCUT2D eigenvalue weighted by Gasteiger charge is 2.06. The normalized spacial score (nSPS) is 11.2. The van der Waals surface area contributed by atoms with E-state index >= 15 is 0 Å². The van der Waals surface area contributed by atoms with Crippen LogP contribution in [0, 0.1) is 6.92 Å². The van der Waals surface area contributed by atoms with Crippen molar-refractivity contribution in [1.82, 2.24) is 5.16 Å². The van der Waals surface area contributed by atoms with E-state index in [1.54, 1.807) is 6.07 Å². The van der Waals surface area contributed by atoms with Crippen LogP contribution in [0.25, 0.3) is 23.1 Å². The smallest absolute Gasteiger partial charge is 0.224 e. The maximum absolute atomic E-state index is 11.7. The van der Waals surface area contributed by atoms with Crippen molar-refractivity contribution >= 4 is 23.1 Å². The summed E-state index contributed by atoms with van der Waals surface area (Å²) in [6, 6.07) is 15.0. The van der Waals surface area contributed by atoms with Crippen molar-refractivity contribution in [3.8, 4) is 0 Å². The molecule has 0 aliphatic carbocycles. The van der Waals surface area contributed by atoms with Crippen molar-refractivity contribution in [2.24, 2.45) is 0 Å². The quantitative estimate of drug-likeness (QED) is 0.708. The number of fused-ring (bicyclic) bond motifs is 1. The minimum absolute atomic E-state index is 0.160. The summed E-state index contributed by atoms with van der Waals surface area (Å²) in [6.07, 6.45) is 3.81. The third kappa shape index (κ3) is 2.38. The summed E-state index contributed by atoms with van der Waals surface area (Å²) in [6.45, 7) is 2.05. The standard InChI is InChI=1S/C17H13NO2/c1-12-6-8-13(9-7-12)10-11-15-14-4-2-3-5-16(19)17(14)20-18-15/h2-11H,1H3/b11-10+. The number of hydrogen-bond donors (Lipinski definition) is 0. The molecule has 0 saturated heterocycles. The van der Waals surface area contributed by atoms with Crippen LogP contribution in [0.2, 0.25) is 0 Å². The molecule has 3 heteroatoms. The van der Waals surface area contributed by atoms with Crippen molar-refractivity contribution < 1.29 is 4.52 Å². The highest BCUT2D eigenvalue weighted by atomic mass is 16.5. The van der Waals surface area contributed by atoms with E-state index in [4.69, 9.17) is 4.52 Å². The Balaban J connectivity index is 2.04. The predicted molar refractivity (Wildman–Crippen MR) is 80.4 cm³/mol. The van der Waals surface area contributed by atoms with Gasteiger partial charge in [0.25, 0.3) is 0 Å². The molecule has 0 saturated carbocycles. The van der Waals surface area contributed by atoms with Gasteiger partial charge in [-0.1, -0.05) is 53.2 Å². The lowest BCUT2D eigenvalue weighted by Crippen LogP contribution is -1.91. The van der Waals surface area contributed by atoms with E-state index in [0.717, 1.165) is 10.9 Å². The van der Waals surface area contributed by atoms with Gasteiger partial charge < -0.3 is 4.52 Å². The zero-order chi connectivity index (χ0) is 13.9. The molecule has 0 bridgehead atoms. The van der Waals surface area contributed by atoms with Gasteiger partial charge in [0.1, 0.15) is 5.69 Å². The molecule has 0 aliphatic heterocycles. The van der Waals surface area contributed by atoms with E-state index in [1.165, 1.54) is 11.6 Å². The van der Waals surface area contributed by atoms with Gasteiger partial charge in [0, 0.05) is 0 Å². The van der Waals surface area contributed by atoms with E-state index < -0.39 is 0 Å². The lowest BCUT2D eigenvalue weighted by molar-refractivity contribution is 0.453. The number of benzene rings is 1. The van der Waals surface area contributed by atoms with Gasteiger partial charge in [-0.15, -0.1) is 0 Å². The Morgan fingerprint density at radius 1 is 1.00 bits per heavy atom. The Bertz CT molecular complexity index is 829. The zero-order valence-electron chi connectivity index (χ0n) is 11.0. The molecule has 0 N–H and O–H groups in total. The van der Waals surface area contributed by atoms with Gasteiger partial charge >= 0.3 is 0 Å². The molecule has 0 aliphatic rings. The second-order valence-electron chi connectivity index (χ2n) is 4.64. The van der Waals surface area contributed by atoms with Crippen LogP contribution in [0.3, 0.4) is 0 Å². The molecule has 0 atom stereocenters. The molecule has 0 radical (unpaired) electrons. The summed E-state index contributed by atoms with van der Waals surface area (Å²) >= 11 is 0. The maximum atomic E-state index is 11.7. The molecule has 2 aromatic carbocycles. The van der Waals surface area contributed by atoms with E-state index in [0.29, 0.717) is 11.3 Å². The van der Waals surface area contributed by atoms with Gasteiger partial charge in [-0.3, -0.25) is 4.79 Å². The van der Waals surface area contributed by atoms with Crippen LogP contribution in [0.4, 0.5) is 0 Å². The Morgan fingerprint density at radius 2 is 1.75 bits per heavy atom. The molecule has 3 rings (SSSR count). The molecule has 0 spiro atoms. The van der Waals surface area contributed by atoms with Gasteiger partial charge in [-0.05, 0) is 30.7 Å². The van der Waals surface area contributed by atoms with Crippen LogP contribution >= 0.6 is 0 Å². The molecule has 98 valence electrons. The predicted octanol–water partition coefficient (Wildman–Crippen LogP) is 3.67. The van der Waals surface area contributed by atoms with Crippen molar-refractivity contribution in [3.05, 3.63) is 75.6 Å². The van der Waals surface area contributed by atoms with Crippen molar-refractivity contribution in [2.45, 2.75) is 6.92 Å². The molecule has 1 heterocycles. The Kier molecular flexibility index (Phi) is 3.17. The average Bonchev–Trinajstić information content (AvgIpc) is 2.77. The molecule has 0 unspecified atom stereocenters. The molecule has 20 heavy (non-hydrogen) atoms. The fraction of sp³-hybridized carbons (Fsp3) is 0.0588. The summed E-state index contributed by atoms with van der Waals surface area (Å²) in [4.78, 5) is 11.7. The third-order valence-corrected chi connectivity index (χ3v) is 3.11. The lowest BCUT2D eigenvalue weighted by Gasteiger charge is -1.93. The van der Waals surface area contributed by atoms with Crippen molar-refractivity contribution in [1.29, 1.82) is 0 Å². The number of aryl methyl sites for hydroxylation is 1. The van der Waals surface area contributed by atoms with E-state index in [1.807, 2.05) is 36.4 Å². The third-order valence-electron chi connectivity index (χ3n) is 3.11. The molecule has 3 nitrogen and oxygen atoms in total. The number of rotatable bonds is 2. The second kappa shape index (κ2) is 5.13. The molecule has 0 amide bonds. The summed E-state index contributed by atoms with van der Waals surface area (Å²) in [5.41, 5.74) is 3.09. The van der Waals surface area contributed by atoms with Gasteiger partial charge in [-0.2, -0.15) is 0 Å². The number of hydrogen-bond acceptors (Lipinski definition) is 3. The van der Waals surface area contributed by atoms with Crippen LogP contribution in [0.15, 0.2) is 57.8 Å². The lowest BCUT2D eigenvalue weighted by atomic mass is 10.1. The molecule has 1 aromatic heterocycles. The molecule has 0 fully saturated rings. The topological polar surface area (TPSA) is 43.1 Å². The summed E-state index contributed by atoms with van der Waals surface area (Å²) < 4.78 is 5.13. The summed E-state index contributed by atoms with van der Waals surface area (Å²) in [5.74, 6) is 0. The van der Waals surface area contributed by atoms with Crippen LogP contribution in [0.5, 0.6) is 0 Å². The van der Waals surface area contributed by atoms with Crippen molar-refractivity contribution in [3.63, 3.8) is 0 Å². The minimum Gasteiger partial charge on any atom is -0.351 e. The highest BCUT2D eigenvalue weighted by molar-refractivity contribution is 5.87. The first kappa shape index (κ1) is 12.4. The summed E-state index contributed by atoms with van der Waals surface area (Å²) in [7, 11) is 0. The SMILES string of the molecule is Cc1ccc(/C=C/c2noc3c(=O)ccccc23)cc1. The Hall–Kier alpha value is -2.68. The molecular formula is C17H13NO2. The first-order valence-corrected chi connectivity index (χ1v) is 6.37. The van der Waals surface area contributed by atoms with Crippen LogP contribution in [0.1, 0.15) is 16.8 Å². The highest BCUT2D eigenvalue weighted by Crippen LogP contribution is 2.17. The monoisotopic (exact) mass is 263 g/mol. The summed E-state index contributed by atoms with van der Waals surface area (Å²) in [5, 5.41) is 4.68. The van der Waals surface area contributed by atoms with Crippen LogP contribution in [-0.4, -0.2) is 5.16 Å². The maximum Gasteiger partial charge on any atom is 0.224 e. The van der Waals surface area contributed by atoms with E-state index in [-0.39, 0.29) is 5.43 Å². The van der Waals surface area contributed by atoms with Gasteiger partial charge in [0.05, 0.1) is 5.39 Å². The Morgan fingerprint density at radius 3 is 2.55 bits per heavy atom. The first-order valence-electron chi connectivity index (χ1n) is 6.37. The van der Waals surface area contributed by atoms with Crippen molar-refractivity contribution in [2.75, 3.05) is 0 Å². The second-order valence-corrected chi connectivity index (χ2v) is 4.64. The van der Waals surface area contributed by atoms with E-state index in [2.05, 4.69) is 24.2 Å².